The summed E-state index contributed by atoms with van der Waals surface area (Å²) in [6.45, 7) is 11.7. The van der Waals surface area contributed by atoms with Gasteiger partial charge in [0.25, 0.3) is 0 Å². The third-order valence-electron chi connectivity index (χ3n) is 4.68. The van der Waals surface area contributed by atoms with Crippen LogP contribution in [0.15, 0.2) is 12.1 Å². The number of carbonyl (C=O) groups excluding carboxylic acids is 1. The Morgan fingerprint density at radius 2 is 1.91 bits per heavy atom. The number of hydrogen-bond donors (Lipinski definition) is 1. The summed E-state index contributed by atoms with van der Waals surface area (Å²) in [5.74, 6) is 0.155. The zero-order valence-corrected chi connectivity index (χ0v) is 15.1. The first-order valence-corrected chi connectivity index (χ1v) is 8.08. The van der Waals surface area contributed by atoms with Crippen molar-refractivity contribution in [1.82, 2.24) is 4.90 Å². The summed E-state index contributed by atoms with van der Waals surface area (Å²) in [6.07, 6.45) is 3.18. The van der Waals surface area contributed by atoms with Crippen LogP contribution in [0.2, 0.25) is 0 Å². The van der Waals surface area contributed by atoms with Crippen LogP contribution < -0.4 is 17.7 Å². The lowest BCUT2D eigenvalue weighted by Crippen LogP contribution is -3.00. The Kier molecular flexibility index (Phi) is 6.89. The standard InChI is InChI=1S/C18H28N2O.ClH/c1-6-15(5)20-9-7-8-16(20)18(21)19-17-13(3)10-12(2)11-14(17)4;/h10-11,15-16H,6-9H2,1-5H3,(H,19,21);1H/p-1. The van der Waals surface area contributed by atoms with E-state index in [1.165, 1.54) is 5.56 Å². The molecule has 1 aromatic rings. The fourth-order valence-corrected chi connectivity index (χ4v) is 3.42. The van der Waals surface area contributed by atoms with Crippen molar-refractivity contribution in [3.05, 3.63) is 28.8 Å². The quantitative estimate of drug-likeness (QED) is 0.889. The minimum absolute atomic E-state index is 0. The summed E-state index contributed by atoms with van der Waals surface area (Å²) < 4.78 is 0. The first-order valence-electron chi connectivity index (χ1n) is 8.08. The number of rotatable bonds is 4. The number of benzene rings is 1. The lowest BCUT2D eigenvalue weighted by molar-refractivity contribution is -0.121. The van der Waals surface area contributed by atoms with Gasteiger partial charge in [-0.1, -0.05) is 24.6 Å². The van der Waals surface area contributed by atoms with Gasteiger partial charge in [-0.15, -0.1) is 0 Å². The van der Waals surface area contributed by atoms with Crippen molar-refractivity contribution in [2.75, 3.05) is 11.9 Å². The maximum atomic E-state index is 12.7. The highest BCUT2D eigenvalue weighted by Gasteiger charge is 2.33. The van der Waals surface area contributed by atoms with E-state index in [-0.39, 0.29) is 24.4 Å². The monoisotopic (exact) mass is 323 g/mol. The van der Waals surface area contributed by atoms with Gasteiger partial charge in [-0.05, 0) is 64.6 Å². The fourth-order valence-electron chi connectivity index (χ4n) is 3.42. The van der Waals surface area contributed by atoms with Gasteiger partial charge in [-0.3, -0.25) is 9.69 Å². The van der Waals surface area contributed by atoms with Crippen LogP contribution in [0.25, 0.3) is 0 Å². The SMILES string of the molecule is CCC(C)N1CCCC1C(=O)Nc1c(C)cc(C)cc1C.[Cl-]. The van der Waals surface area contributed by atoms with Crippen LogP contribution >= 0.6 is 0 Å². The lowest BCUT2D eigenvalue weighted by Gasteiger charge is -2.29. The maximum Gasteiger partial charge on any atom is 0.241 e. The third-order valence-corrected chi connectivity index (χ3v) is 4.68. The Balaban J connectivity index is 0.00000242. The smallest absolute Gasteiger partial charge is 0.241 e. The van der Waals surface area contributed by atoms with Crippen LogP contribution in [0.5, 0.6) is 0 Å². The fraction of sp³-hybridized carbons (Fsp3) is 0.611. The molecule has 1 aromatic carbocycles. The zero-order valence-electron chi connectivity index (χ0n) is 14.4. The first kappa shape index (κ1) is 19.0. The topological polar surface area (TPSA) is 32.3 Å². The molecule has 4 heteroatoms. The summed E-state index contributed by atoms with van der Waals surface area (Å²) in [4.78, 5) is 15.0. The van der Waals surface area contributed by atoms with Gasteiger partial charge in [0.2, 0.25) is 5.91 Å². The van der Waals surface area contributed by atoms with Crippen molar-refractivity contribution in [2.24, 2.45) is 0 Å². The molecule has 1 amide bonds. The minimum Gasteiger partial charge on any atom is -1.00 e. The highest BCUT2D eigenvalue weighted by Crippen LogP contribution is 2.26. The van der Waals surface area contributed by atoms with Gasteiger partial charge in [0.1, 0.15) is 0 Å². The number of nitrogens with one attached hydrogen (secondary N) is 1. The molecule has 2 atom stereocenters. The molecule has 0 spiro atoms. The molecule has 1 saturated heterocycles. The van der Waals surface area contributed by atoms with E-state index in [0.29, 0.717) is 6.04 Å². The molecular weight excluding hydrogens is 296 g/mol. The summed E-state index contributed by atoms with van der Waals surface area (Å²) in [6, 6.07) is 4.76. The number of hydrogen-bond acceptors (Lipinski definition) is 2. The van der Waals surface area contributed by atoms with Crippen LogP contribution in [-0.4, -0.2) is 29.4 Å². The van der Waals surface area contributed by atoms with Crippen LogP contribution in [0.3, 0.4) is 0 Å². The number of carbonyl (C=O) groups is 1. The number of halogens is 1. The summed E-state index contributed by atoms with van der Waals surface area (Å²) in [5.41, 5.74) is 4.52. The molecule has 0 aliphatic carbocycles. The van der Waals surface area contributed by atoms with Crippen molar-refractivity contribution in [3.8, 4) is 0 Å². The molecule has 2 unspecified atom stereocenters. The number of amides is 1. The number of anilines is 1. The summed E-state index contributed by atoms with van der Waals surface area (Å²) >= 11 is 0. The van der Waals surface area contributed by atoms with Crippen LogP contribution in [-0.2, 0) is 4.79 Å². The molecule has 0 radical (unpaired) electrons. The maximum absolute atomic E-state index is 12.7. The highest BCUT2D eigenvalue weighted by atomic mass is 35.5. The molecule has 2 rings (SSSR count). The first-order chi connectivity index (χ1) is 9.93. The van der Waals surface area contributed by atoms with E-state index >= 15 is 0 Å². The summed E-state index contributed by atoms with van der Waals surface area (Å²) in [5, 5.41) is 3.18. The Bertz CT molecular complexity index is 507. The average Bonchev–Trinajstić information content (AvgIpc) is 2.91. The number of likely N-dealkylation sites (tertiary alicyclic amines) is 1. The Hall–Kier alpha value is -1.06. The average molecular weight is 324 g/mol. The Labute approximate surface area is 140 Å². The van der Waals surface area contributed by atoms with E-state index in [1.54, 1.807) is 0 Å². The second-order valence-corrected chi connectivity index (χ2v) is 6.42. The predicted octanol–water partition coefficient (Wildman–Crippen LogP) is 0.817. The predicted molar refractivity (Wildman–Crippen MR) is 88.8 cm³/mol. The van der Waals surface area contributed by atoms with Crippen molar-refractivity contribution >= 4 is 11.6 Å². The van der Waals surface area contributed by atoms with Crippen molar-refractivity contribution in [3.63, 3.8) is 0 Å². The second-order valence-electron chi connectivity index (χ2n) is 6.42. The van der Waals surface area contributed by atoms with E-state index in [2.05, 4.69) is 57.0 Å². The molecule has 0 aromatic heterocycles. The molecule has 1 aliphatic heterocycles. The lowest BCUT2D eigenvalue weighted by atomic mass is 10.0. The second kappa shape index (κ2) is 7.98. The van der Waals surface area contributed by atoms with Crippen molar-refractivity contribution in [1.29, 1.82) is 0 Å². The molecule has 0 saturated carbocycles. The van der Waals surface area contributed by atoms with Gasteiger partial charge < -0.3 is 17.7 Å². The molecule has 3 nitrogen and oxygen atoms in total. The van der Waals surface area contributed by atoms with E-state index in [9.17, 15) is 4.79 Å². The minimum atomic E-state index is 0. The van der Waals surface area contributed by atoms with Crippen LogP contribution in [0, 0.1) is 20.8 Å². The van der Waals surface area contributed by atoms with Crippen molar-refractivity contribution < 1.29 is 17.2 Å². The molecular formula is C18H28ClN2O-. The molecule has 124 valence electrons. The largest absolute Gasteiger partial charge is 1.00 e. The Morgan fingerprint density at radius 1 is 1.32 bits per heavy atom. The normalized spacial score (nSPS) is 19.6. The van der Waals surface area contributed by atoms with E-state index in [1.807, 2.05) is 0 Å². The van der Waals surface area contributed by atoms with E-state index < -0.39 is 0 Å². The molecule has 1 fully saturated rings. The summed E-state index contributed by atoms with van der Waals surface area (Å²) in [7, 11) is 0. The Morgan fingerprint density at radius 3 is 2.45 bits per heavy atom. The molecule has 1 N–H and O–H groups in total. The van der Waals surface area contributed by atoms with E-state index in [4.69, 9.17) is 0 Å². The molecule has 1 heterocycles. The van der Waals surface area contributed by atoms with Crippen LogP contribution in [0.4, 0.5) is 5.69 Å². The van der Waals surface area contributed by atoms with Gasteiger partial charge in [-0.25, -0.2) is 0 Å². The van der Waals surface area contributed by atoms with E-state index in [0.717, 1.165) is 42.6 Å². The van der Waals surface area contributed by atoms with Gasteiger partial charge >= 0.3 is 0 Å². The number of nitrogens with zero attached hydrogens (tertiary/aromatic N) is 1. The third kappa shape index (κ3) is 4.02. The number of aryl methyl sites for hydroxylation is 3. The van der Waals surface area contributed by atoms with Gasteiger partial charge in [0, 0.05) is 11.7 Å². The molecule has 22 heavy (non-hydrogen) atoms. The molecule has 0 bridgehead atoms. The van der Waals surface area contributed by atoms with Crippen molar-refractivity contribution in [2.45, 2.75) is 66.0 Å². The zero-order chi connectivity index (χ0) is 15.6. The van der Waals surface area contributed by atoms with Gasteiger partial charge in [-0.2, -0.15) is 0 Å². The van der Waals surface area contributed by atoms with Gasteiger partial charge in [0.05, 0.1) is 6.04 Å². The highest BCUT2D eigenvalue weighted by molar-refractivity contribution is 5.96. The van der Waals surface area contributed by atoms with Crippen LogP contribution in [0.1, 0.15) is 49.8 Å². The van der Waals surface area contributed by atoms with Gasteiger partial charge in [0.15, 0.2) is 0 Å². The molecule has 1 aliphatic rings.